The Morgan fingerprint density at radius 3 is 2.84 bits per heavy atom. The highest BCUT2D eigenvalue weighted by Crippen LogP contribution is 2.31. The molecule has 0 radical (unpaired) electrons. The van der Waals surface area contributed by atoms with Crippen LogP contribution in [0, 0.1) is 0 Å². The number of anilines is 2. The van der Waals surface area contributed by atoms with Crippen LogP contribution in [-0.4, -0.2) is 20.9 Å². The van der Waals surface area contributed by atoms with Gasteiger partial charge >= 0.3 is 0 Å². The molecule has 4 N–H and O–H groups in total. The topological polar surface area (TPSA) is 96.7 Å². The van der Waals surface area contributed by atoms with Gasteiger partial charge in [-0.3, -0.25) is 9.78 Å². The fraction of sp³-hybridized carbons (Fsp3) is 0. The van der Waals surface area contributed by atoms with Gasteiger partial charge in [0.2, 0.25) is 5.91 Å². The number of hydrogen-bond donors (Lipinski definition) is 3. The van der Waals surface area contributed by atoms with Crippen molar-refractivity contribution in [3.8, 4) is 11.1 Å². The number of H-pyrrole nitrogens is 1. The molecule has 0 saturated heterocycles. The summed E-state index contributed by atoms with van der Waals surface area (Å²) in [7, 11) is 0. The first-order valence-electron chi connectivity index (χ1n) is 7.75. The molecule has 0 spiro atoms. The van der Waals surface area contributed by atoms with Crippen LogP contribution >= 0.6 is 0 Å². The minimum absolute atomic E-state index is 0.427. The molecule has 0 saturated carbocycles. The van der Waals surface area contributed by atoms with E-state index in [4.69, 9.17) is 5.73 Å². The molecule has 0 aliphatic rings. The molecule has 122 valence electrons. The van der Waals surface area contributed by atoms with Gasteiger partial charge in [0, 0.05) is 40.7 Å². The number of carbonyl (C=O) groups is 1. The van der Waals surface area contributed by atoms with E-state index in [1.807, 2.05) is 36.5 Å². The van der Waals surface area contributed by atoms with Crippen LogP contribution in [0.1, 0.15) is 10.4 Å². The highest BCUT2D eigenvalue weighted by atomic mass is 16.1. The smallest absolute Gasteiger partial charge is 0.248 e. The van der Waals surface area contributed by atoms with Crippen molar-refractivity contribution in [2.75, 3.05) is 5.32 Å². The molecule has 4 rings (SSSR count). The lowest BCUT2D eigenvalue weighted by Crippen LogP contribution is -2.11. The Hall–Kier alpha value is -3.67. The van der Waals surface area contributed by atoms with E-state index in [1.165, 1.54) is 0 Å². The van der Waals surface area contributed by atoms with Gasteiger partial charge in [0.1, 0.15) is 5.82 Å². The lowest BCUT2D eigenvalue weighted by atomic mass is 9.98. The lowest BCUT2D eigenvalue weighted by molar-refractivity contribution is 0.100. The van der Waals surface area contributed by atoms with Crippen LogP contribution in [0.5, 0.6) is 0 Å². The van der Waals surface area contributed by atoms with Crippen LogP contribution in [0.25, 0.3) is 22.0 Å². The number of fused-ring (bicyclic) bond motifs is 1. The molecule has 0 fully saturated rings. The molecule has 0 aliphatic carbocycles. The van der Waals surface area contributed by atoms with Crippen LogP contribution in [0.4, 0.5) is 11.5 Å². The standard InChI is InChI=1S/C19H15N5O/c20-19(25)13-8-12(15-2-1-3-17-16(15)4-5-22-17)9-14(10-13)24-18-11-21-6-7-23-18/h1-11,22H,(H2,20,25)(H,23,24). The minimum Gasteiger partial charge on any atom is -0.366 e. The van der Waals surface area contributed by atoms with Crippen molar-refractivity contribution in [1.82, 2.24) is 15.0 Å². The zero-order valence-electron chi connectivity index (χ0n) is 13.2. The Morgan fingerprint density at radius 2 is 2.04 bits per heavy atom. The molecule has 2 aromatic heterocycles. The maximum Gasteiger partial charge on any atom is 0.248 e. The molecule has 0 bridgehead atoms. The van der Waals surface area contributed by atoms with Crippen molar-refractivity contribution in [3.05, 3.63) is 72.8 Å². The van der Waals surface area contributed by atoms with Gasteiger partial charge in [-0.2, -0.15) is 0 Å². The summed E-state index contributed by atoms with van der Waals surface area (Å²) in [6, 6.07) is 13.5. The van der Waals surface area contributed by atoms with E-state index in [2.05, 4.69) is 20.3 Å². The molecule has 6 nitrogen and oxygen atoms in total. The van der Waals surface area contributed by atoms with Gasteiger partial charge in [-0.25, -0.2) is 4.98 Å². The summed E-state index contributed by atoms with van der Waals surface area (Å²) in [4.78, 5) is 23.2. The number of carbonyl (C=O) groups excluding carboxylic acids is 1. The molecule has 0 unspecified atom stereocenters. The Balaban J connectivity index is 1.85. The molecule has 6 heteroatoms. The SMILES string of the molecule is NC(=O)c1cc(Nc2cnccn2)cc(-c2cccc3[nH]ccc23)c1. The van der Waals surface area contributed by atoms with E-state index < -0.39 is 5.91 Å². The zero-order chi connectivity index (χ0) is 17.2. The third kappa shape index (κ3) is 2.92. The highest BCUT2D eigenvalue weighted by Gasteiger charge is 2.10. The van der Waals surface area contributed by atoms with Crippen LogP contribution < -0.4 is 11.1 Å². The summed E-state index contributed by atoms with van der Waals surface area (Å²) in [5, 5.41) is 4.24. The summed E-state index contributed by atoms with van der Waals surface area (Å²) < 4.78 is 0. The maximum absolute atomic E-state index is 11.8. The summed E-state index contributed by atoms with van der Waals surface area (Å²) in [5.74, 6) is 0.111. The number of rotatable bonds is 4. The first kappa shape index (κ1) is 14.9. The van der Waals surface area contributed by atoms with Crippen LogP contribution in [0.2, 0.25) is 0 Å². The third-order valence-corrected chi connectivity index (χ3v) is 3.96. The first-order valence-corrected chi connectivity index (χ1v) is 7.75. The van der Waals surface area contributed by atoms with Crippen molar-refractivity contribution < 1.29 is 4.79 Å². The second-order valence-electron chi connectivity index (χ2n) is 5.62. The Kier molecular flexibility index (Phi) is 3.63. The van der Waals surface area contributed by atoms with E-state index >= 15 is 0 Å². The van der Waals surface area contributed by atoms with Gasteiger partial charge in [0.15, 0.2) is 0 Å². The molecule has 4 aromatic rings. The number of nitrogens with one attached hydrogen (secondary N) is 2. The summed E-state index contributed by atoms with van der Waals surface area (Å²) in [6.07, 6.45) is 6.71. The molecule has 1 amide bonds. The number of benzene rings is 2. The maximum atomic E-state index is 11.8. The number of aromatic nitrogens is 3. The van der Waals surface area contributed by atoms with Crippen LogP contribution in [-0.2, 0) is 0 Å². The molecule has 2 heterocycles. The number of nitrogens with two attached hydrogens (primary N) is 1. The highest BCUT2D eigenvalue weighted by molar-refractivity contribution is 5.99. The molecule has 2 aromatic carbocycles. The number of nitrogens with zero attached hydrogens (tertiary/aromatic N) is 2. The largest absolute Gasteiger partial charge is 0.366 e. The Bertz CT molecular complexity index is 1060. The number of hydrogen-bond acceptors (Lipinski definition) is 4. The van der Waals surface area contributed by atoms with Crippen LogP contribution in [0.15, 0.2) is 67.3 Å². The van der Waals surface area contributed by atoms with Gasteiger partial charge in [-0.15, -0.1) is 0 Å². The first-order chi connectivity index (χ1) is 12.2. The van der Waals surface area contributed by atoms with Gasteiger partial charge in [-0.1, -0.05) is 12.1 Å². The van der Waals surface area contributed by atoms with Crippen LogP contribution in [0.3, 0.4) is 0 Å². The lowest BCUT2D eigenvalue weighted by Gasteiger charge is -2.11. The molecule has 0 atom stereocenters. The second kappa shape index (κ2) is 6.09. The third-order valence-electron chi connectivity index (χ3n) is 3.96. The van der Waals surface area contributed by atoms with Gasteiger partial charge in [-0.05, 0) is 41.5 Å². The van der Waals surface area contributed by atoms with Crippen molar-refractivity contribution in [1.29, 1.82) is 0 Å². The average molecular weight is 329 g/mol. The summed E-state index contributed by atoms with van der Waals surface area (Å²) in [5.41, 5.74) is 9.61. The molecule has 0 aliphatic heterocycles. The summed E-state index contributed by atoms with van der Waals surface area (Å²) in [6.45, 7) is 0. The molecule has 25 heavy (non-hydrogen) atoms. The van der Waals surface area contributed by atoms with E-state index in [1.54, 1.807) is 30.7 Å². The molecular formula is C19H15N5O. The Labute approximate surface area is 143 Å². The van der Waals surface area contributed by atoms with Gasteiger partial charge in [0.25, 0.3) is 0 Å². The van der Waals surface area contributed by atoms with E-state index in [-0.39, 0.29) is 0 Å². The second-order valence-corrected chi connectivity index (χ2v) is 5.62. The zero-order valence-corrected chi connectivity index (χ0v) is 13.2. The quantitative estimate of drug-likeness (QED) is 0.534. The van der Waals surface area contributed by atoms with E-state index in [0.717, 1.165) is 27.7 Å². The van der Waals surface area contributed by atoms with E-state index in [9.17, 15) is 4.79 Å². The van der Waals surface area contributed by atoms with E-state index in [0.29, 0.717) is 11.4 Å². The van der Waals surface area contributed by atoms with Crippen molar-refractivity contribution in [3.63, 3.8) is 0 Å². The van der Waals surface area contributed by atoms with Gasteiger partial charge < -0.3 is 16.0 Å². The minimum atomic E-state index is -0.481. The number of amides is 1. The normalized spacial score (nSPS) is 10.7. The fourth-order valence-corrected chi connectivity index (χ4v) is 2.85. The number of aromatic amines is 1. The number of primary amides is 1. The van der Waals surface area contributed by atoms with Crippen molar-refractivity contribution in [2.24, 2.45) is 5.73 Å². The monoisotopic (exact) mass is 329 g/mol. The summed E-state index contributed by atoms with van der Waals surface area (Å²) >= 11 is 0. The predicted molar refractivity (Wildman–Crippen MR) is 97.6 cm³/mol. The van der Waals surface area contributed by atoms with Gasteiger partial charge in [0.05, 0.1) is 6.20 Å². The van der Waals surface area contributed by atoms with Crippen molar-refractivity contribution >= 4 is 28.3 Å². The Morgan fingerprint density at radius 1 is 1.12 bits per heavy atom. The van der Waals surface area contributed by atoms with Crippen molar-refractivity contribution in [2.45, 2.75) is 0 Å². The molecular weight excluding hydrogens is 314 g/mol. The average Bonchev–Trinajstić information content (AvgIpc) is 3.11. The predicted octanol–water partition coefficient (Wildman–Crippen LogP) is 3.47. The fourth-order valence-electron chi connectivity index (χ4n) is 2.85.